The average molecular weight is 536 g/mol. The van der Waals surface area contributed by atoms with Crippen LogP contribution in [0.15, 0.2) is 55.1 Å². The maximum Gasteiger partial charge on any atom is 0.414 e. The predicted molar refractivity (Wildman–Crippen MR) is 130 cm³/mol. The van der Waals surface area contributed by atoms with Crippen LogP contribution in [0.25, 0.3) is 11.1 Å². The second-order valence-corrected chi connectivity index (χ2v) is 8.98. The van der Waals surface area contributed by atoms with Crippen molar-refractivity contribution in [1.82, 2.24) is 29.5 Å². The lowest BCUT2D eigenvalue weighted by molar-refractivity contribution is -0.389. The monoisotopic (exact) mass is 536 g/mol. The first-order valence-electron chi connectivity index (χ1n) is 12.0. The molecule has 0 aliphatic carbocycles. The number of anilines is 1. The van der Waals surface area contributed by atoms with Crippen molar-refractivity contribution in [1.29, 1.82) is 0 Å². The van der Waals surface area contributed by atoms with Gasteiger partial charge in [-0.25, -0.2) is 13.9 Å². The Hall–Kier alpha value is -4.92. The molecular weight excluding hydrogens is 515 g/mol. The lowest BCUT2D eigenvalue weighted by atomic mass is 10.1. The number of amides is 1. The van der Waals surface area contributed by atoms with Gasteiger partial charge in [0.05, 0.1) is 43.8 Å². The lowest BCUT2D eigenvalue weighted by Crippen LogP contribution is -2.32. The number of aromatic nitrogens is 6. The maximum atomic E-state index is 15.1. The Labute approximate surface area is 219 Å². The first-order chi connectivity index (χ1) is 18.9. The highest BCUT2D eigenvalue weighted by Gasteiger charge is 2.33. The molecule has 14 nitrogen and oxygen atoms in total. The third-order valence-electron chi connectivity index (χ3n) is 6.32. The number of ether oxygens (including phenoxy) is 3. The molecule has 200 valence electrons. The minimum atomic E-state index is -0.579. The van der Waals surface area contributed by atoms with Gasteiger partial charge in [0.2, 0.25) is 0 Å². The van der Waals surface area contributed by atoms with E-state index in [0.717, 1.165) is 0 Å². The molecule has 0 bridgehead atoms. The summed E-state index contributed by atoms with van der Waals surface area (Å²) in [6, 6.07) is 8.20. The van der Waals surface area contributed by atoms with Crippen molar-refractivity contribution in [3.8, 4) is 17.1 Å². The van der Waals surface area contributed by atoms with Gasteiger partial charge >= 0.3 is 17.9 Å². The number of cyclic esters (lactones) is 1. The van der Waals surface area contributed by atoms with Crippen LogP contribution in [-0.4, -0.2) is 65.9 Å². The number of carbonyl (C=O) groups is 1. The van der Waals surface area contributed by atoms with Crippen LogP contribution in [0.3, 0.4) is 0 Å². The molecule has 1 amide bonds. The van der Waals surface area contributed by atoms with Gasteiger partial charge in [0.1, 0.15) is 30.8 Å². The summed E-state index contributed by atoms with van der Waals surface area (Å²) in [5.74, 6) is -0.786. The van der Waals surface area contributed by atoms with Crippen molar-refractivity contribution in [2.24, 2.45) is 0 Å². The number of hydrogen-bond donors (Lipinski definition) is 0. The van der Waals surface area contributed by atoms with Gasteiger partial charge in [-0.15, -0.1) is 5.10 Å². The molecule has 0 unspecified atom stereocenters. The molecule has 0 radical (unpaired) electrons. The fourth-order valence-electron chi connectivity index (χ4n) is 4.40. The molecular formula is C24H21FN8O6. The number of hydrogen-bond acceptors (Lipinski definition) is 10. The lowest BCUT2D eigenvalue weighted by Gasteiger charge is -2.22. The molecule has 1 aromatic carbocycles. The summed E-state index contributed by atoms with van der Waals surface area (Å²) in [5, 5.41) is 18.5. The van der Waals surface area contributed by atoms with Crippen molar-refractivity contribution in [2.45, 2.75) is 31.9 Å². The zero-order chi connectivity index (χ0) is 26.9. The Kier molecular flexibility index (Phi) is 6.32. The molecule has 2 aliphatic rings. The van der Waals surface area contributed by atoms with Crippen molar-refractivity contribution >= 4 is 17.6 Å². The number of nitrogens with zero attached hydrogens (tertiary/aromatic N) is 8. The maximum absolute atomic E-state index is 15.1. The Morgan fingerprint density at radius 3 is 2.87 bits per heavy atom. The van der Waals surface area contributed by atoms with Crippen LogP contribution in [0.2, 0.25) is 0 Å². The third kappa shape index (κ3) is 5.11. The normalized spacial score (nSPS) is 18.5. The summed E-state index contributed by atoms with van der Waals surface area (Å²) in [4.78, 5) is 32.2. The Balaban J connectivity index is 1.06. The Morgan fingerprint density at radius 1 is 1.23 bits per heavy atom. The standard InChI is InChI=1S/C24H21FN8O6/c25-21-7-17(32-11-18(39-24(32)34)10-31-6-5-27-29-31)3-4-20(21)15-1-2-16(26-8-15)13-37-19-9-30-12-22(33(35)36)28-23(30)38-14-19/h1-8,12,18-19H,9-11,13-14H2/t18-,19-/m1/s1. The second kappa shape index (κ2) is 10.1. The van der Waals surface area contributed by atoms with Crippen LogP contribution in [-0.2, 0) is 29.2 Å². The summed E-state index contributed by atoms with van der Waals surface area (Å²) in [5.41, 5.74) is 1.91. The Morgan fingerprint density at radius 2 is 2.13 bits per heavy atom. The summed E-state index contributed by atoms with van der Waals surface area (Å²) in [7, 11) is 0. The zero-order valence-corrected chi connectivity index (χ0v) is 20.3. The van der Waals surface area contributed by atoms with E-state index in [-0.39, 0.29) is 37.7 Å². The number of rotatable bonds is 8. The third-order valence-corrected chi connectivity index (χ3v) is 6.32. The zero-order valence-electron chi connectivity index (χ0n) is 20.3. The van der Waals surface area contributed by atoms with Gasteiger partial charge in [-0.1, -0.05) is 11.3 Å². The first-order valence-corrected chi connectivity index (χ1v) is 12.0. The molecule has 6 rings (SSSR count). The SMILES string of the molecule is O=C1O[C@H](Cn2ccnn2)CN1c1ccc(-c2ccc(CO[C@H]3COc4nc([N+](=O)[O-])cn4C3)nc2)c(F)c1. The fourth-order valence-corrected chi connectivity index (χ4v) is 4.40. The van der Waals surface area contributed by atoms with Crippen LogP contribution in [0.4, 0.5) is 20.7 Å². The van der Waals surface area contributed by atoms with E-state index in [0.29, 0.717) is 35.6 Å². The molecule has 2 atom stereocenters. The van der Waals surface area contributed by atoms with Crippen LogP contribution in [0.1, 0.15) is 5.69 Å². The molecule has 1 saturated heterocycles. The first kappa shape index (κ1) is 24.4. The number of halogens is 1. The summed E-state index contributed by atoms with van der Waals surface area (Å²) in [6.07, 6.45) is 4.74. The molecule has 0 spiro atoms. The molecule has 0 saturated carbocycles. The quantitative estimate of drug-likeness (QED) is 0.243. The molecule has 2 aliphatic heterocycles. The van der Waals surface area contributed by atoms with Crippen LogP contribution < -0.4 is 9.64 Å². The van der Waals surface area contributed by atoms with E-state index in [2.05, 4.69) is 20.3 Å². The van der Waals surface area contributed by atoms with Crippen molar-refractivity contribution in [3.05, 3.63) is 76.7 Å². The number of carbonyl (C=O) groups excluding carboxylic acids is 1. The molecule has 1 fully saturated rings. The smallest absolute Gasteiger partial charge is 0.414 e. The fraction of sp³-hybridized carbons (Fsp3) is 0.292. The van der Waals surface area contributed by atoms with E-state index in [4.69, 9.17) is 14.2 Å². The number of fused-ring (bicyclic) bond motifs is 1. The highest BCUT2D eigenvalue weighted by atomic mass is 19.1. The topological polar surface area (TPSA) is 153 Å². The van der Waals surface area contributed by atoms with E-state index in [1.54, 1.807) is 41.3 Å². The van der Waals surface area contributed by atoms with E-state index in [1.165, 1.54) is 27.9 Å². The minimum Gasteiger partial charge on any atom is -0.443 e. The van der Waals surface area contributed by atoms with Gasteiger partial charge in [-0.3, -0.25) is 14.5 Å². The van der Waals surface area contributed by atoms with Crippen LogP contribution in [0.5, 0.6) is 6.01 Å². The van der Waals surface area contributed by atoms with Crippen molar-refractivity contribution < 1.29 is 28.3 Å². The van der Waals surface area contributed by atoms with Gasteiger partial charge in [0.25, 0.3) is 0 Å². The number of pyridine rings is 1. The van der Waals surface area contributed by atoms with Crippen LogP contribution in [0, 0.1) is 15.9 Å². The van der Waals surface area contributed by atoms with Crippen molar-refractivity contribution in [2.75, 3.05) is 18.1 Å². The van der Waals surface area contributed by atoms with Crippen molar-refractivity contribution in [3.63, 3.8) is 0 Å². The summed E-state index contributed by atoms with van der Waals surface area (Å²) >= 11 is 0. The predicted octanol–water partition coefficient (Wildman–Crippen LogP) is 2.59. The minimum absolute atomic E-state index is 0.175. The molecule has 15 heteroatoms. The molecule has 39 heavy (non-hydrogen) atoms. The highest BCUT2D eigenvalue weighted by Crippen LogP contribution is 2.29. The van der Waals surface area contributed by atoms with Gasteiger partial charge in [-0.05, 0) is 29.2 Å². The molecule has 0 N–H and O–H groups in total. The number of nitro groups is 1. The van der Waals surface area contributed by atoms with E-state index in [1.807, 2.05) is 0 Å². The number of benzene rings is 1. The van der Waals surface area contributed by atoms with E-state index in [9.17, 15) is 14.9 Å². The molecule has 5 heterocycles. The average Bonchev–Trinajstić information content (AvgIpc) is 3.68. The molecule has 3 aromatic heterocycles. The second-order valence-electron chi connectivity index (χ2n) is 8.98. The van der Waals surface area contributed by atoms with Gasteiger partial charge in [0.15, 0.2) is 0 Å². The number of imidazole rings is 1. The highest BCUT2D eigenvalue weighted by molar-refractivity contribution is 5.90. The largest absolute Gasteiger partial charge is 0.443 e. The molecule has 4 aromatic rings. The van der Waals surface area contributed by atoms with Gasteiger partial charge in [0, 0.05) is 28.5 Å². The Bertz CT molecular complexity index is 1510. The van der Waals surface area contributed by atoms with Gasteiger partial charge in [-0.2, -0.15) is 0 Å². The summed E-state index contributed by atoms with van der Waals surface area (Å²) < 4.78 is 34.8. The van der Waals surface area contributed by atoms with Gasteiger partial charge < -0.3 is 24.3 Å². The van der Waals surface area contributed by atoms with Crippen LogP contribution >= 0.6 is 0 Å². The van der Waals surface area contributed by atoms with E-state index < -0.39 is 22.9 Å². The summed E-state index contributed by atoms with van der Waals surface area (Å²) in [6.45, 7) is 1.35. The van der Waals surface area contributed by atoms with E-state index >= 15 is 4.39 Å².